The maximum absolute atomic E-state index is 13.1. The topological polar surface area (TPSA) is 99.2 Å². The van der Waals surface area contributed by atoms with E-state index in [1.807, 2.05) is 0 Å². The second-order valence-corrected chi connectivity index (χ2v) is 4.70. The fourth-order valence-electron chi connectivity index (χ4n) is 2.06. The van der Waals surface area contributed by atoms with E-state index >= 15 is 0 Å². The van der Waals surface area contributed by atoms with Crippen LogP contribution in [-0.4, -0.2) is 51.4 Å². The Kier molecular flexibility index (Phi) is 3.16. The van der Waals surface area contributed by atoms with Gasteiger partial charge in [-0.25, -0.2) is 9.18 Å². The van der Waals surface area contributed by atoms with Crippen LogP contribution in [0.4, 0.5) is 14.9 Å². The zero-order valence-electron chi connectivity index (χ0n) is 11.2. The summed E-state index contributed by atoms with van der Waals surface area (Å²) in [4.78, 5) is 14.2. The number of nitrogen functional groups attached to an aromatic ring is 1. The molecule has 9 heteroatoms. The lowest BCUT2D eigenvalue weighted by Gasteiger charge is -2.36. The minimum atomic E-state index is -0.487. The van der Waals surface area contributed by atoms with E-state index in [4.69, 9.17) is 5.73 Å². The molecule has 1 fully saturated rings. The SMILES string of the molecule is COC(=O)N1CC(n2nnc(-c3ccc(F)c(N)c3)n2)C1. The summed E-state index contributed by atoms with van der Waals surface area (Å²) < 4.78 is 17.7. The van der Waals surface area contributed by atoms with Gasteiger partial charge in [-0.3, -0.25) is 0 Å². The first-order valence-electron chi connectivity index (χ1n) is 6.26. The predicted molar refractivity (Wildman–Crippen MR) is 70.6 cm³/mol. The molecule has 2 heterocycles. The van der Waals surface area contributed by atoms with E-state index in [2.05, 4.69) is 20.1 Å². The highest BCUT2D eigenvalue weighted by Crippen LogP contribution is 2.23. The fraction of sp³-hybridized carbons (Fsp3) is 0.333. The number of aromatic nitrogens is 4. The number of nitrogens with zero attached hydrogens (tertiary/aromatic N) is 5. The second kappa shape index (κ2) is 5.00. The van der Waals surface area contributed by atoms with Gasteiger partial charge in [0.05, 0.1) is 25.9 Å². The van der Waals surface area contributed by atoms with Gasteiger partial charge in [0, 0.05) is 5.56 Å². The van der Waals surface area contributed by atoms with Gasteiger partial charge in [0.1, 0.15) is 11.9 Å². The number of benzene rings is 1. The van der Waals surface area contributed by atoms with E-state index < -0.39 is 5.82 Å². The Bertz CT molecular complexity index is 682. The van der Waals surface area contributed by atoms with Crippen molar-refractivity contribution in [2.24, 2.45) is 0 Å². The summed E-state index contributed by atoms with van der Waals surface area (Å²) in [6, 6.07) is 4.21. The summed E-state index contributed by atoms with van der Waals surface area (Å²) >= 11 is 0. The van der Waals surface area contributed by atoms with Gasteiger partial charge in [0.25, 0.3) is 0 Å². The highest BCUT2D eigenvalue weighted by atomic mass is 19.1. The standard InChI is InChI=1S/C12H13FN6O2/c1-21-12(20)18-5-8(6-18)19-16-11(15-17-19)7-2-3-9(13)10(14)4-7/h2-4,8H,5-6,14H2,1H3. The maximum atomic E-state index is 13.1. The Labute approximate surface area is 119 Å². The lowest BCUT2D eigenvalue weighted by atomic mass is 10.1. The number of nitrogens with two attached hydrogens (primary N) is 1. The molecule has 1 aliphatic heterocycles. The van der Waals surface area contributed by atoms with Gasteiger partial charge in [-0.05, 0) is 23.4 Å². The number of rotatable bonds is 2. The molecule has 21 heavy (non-hydrogen) atoms. The molecule has 0 saturated carbocycles. The van der Waals surface area contributed by atoms with Crippen LogP contribution in [0.5, 0.6) is 0 Å². The summed E-state index contributed by atoms with van der Waals surface area (Å²) in [6.45, 7) is 0.933. The smallest absolute Gasteiger partial charge is 0.409 e. The fourth-order valence-corrected chi connectivity index (χ4v) is 2.06. The third-order valence-electron chi connectivity index (χ3n) is 3.30. The van der Waals surface area contributed by atoms with Gasteiger partial charge in [-0.1, -0.05) is 0 Å². The number of halogens is 1. The summed E-state index contributed by atoms with van der Waals surface area (Å²) in [5.74, 6) is -0.128. The quantitative estimate of drug-likeness (QED) is 0.817. The van der Waals surface area contributed by atoms with E-state index in [1.165, 1.54) is 35.0 Å². The molecule has 0 bridgehead atoms. The first kappa shape index (κ1) is 13.3. The van der Waals surface area contributed by atoms with Crippen LogP contribution in [0.1, 0.15) is 6.04 Å². The number of methoxy groups -OCH3 is 1. The molecule has 1 aliphatic rings. The lowest BCUT2D eigenvalue weighted by Crippen LogP contribution is -2.51. The first-order valence-corrected chi connectivity index (χ1v) is 6.26. The van der Waals surface area contributed by atoms with Crippen LogP contribution in [-0.2, 0) is 4.74 Å². The number of tetrazole rings is 1. The van der Waals surface area contributed by atoms with Crippen molar-refractivity contribution in [1.82, 2.24) is 25.1 Å². The molecule has 1 amide bonds. The van der Waals surface area contributed by atoms with Gasteiger partial charge in [-0.2, -0.15) is 4.80 Å². The van der Waals surface area contributed by atoms with Crippen molar-refractivity contribution in [2.75, 3.05) is 25.9 Å². The highest BCUT2D eigenvalue weighted by Gasteiger charge is 2.34. The van der Waals surface area contributed by atoms with Crippen molar-refractivity contribution in [3.8, 4) is 11.4 Å². The van der Waals surface area contributed by atoms with Crippen LogP contribution < -0.4 is 5.73 Å². The molecule has 0 unspecified atom stereocenters. The third kappa shape index (κ3) is 2.37. The van der Waals surface area contributed by atoms with Crippen LogP contribution in [0.15, 0.2) is 18.2 Å². The minimum Gasteiger partial charge on any atom is -0.453 e. The molecule has 2 N–H and O–H groups in total. The maximum Gasteiger partial charge on any atom is 0.409 e. The van der Waals surface area contributed by atoms with Crippen LogP contribution >= 0.6 is 0 Å². The van der Waals surface area contributed by atoms with Crippen molar-refractivity contribution in [3.63, 3.8) is 0 Å². The number of anilines is 1. The van der Waals surface area contributed by atoms with E-state index in [9.17, 15) is 9.18 Å². The zero-order valence-corrected chi connectivity index (χ0v) is 11.2. The van der Waals surface area contributed by atoms with Crippen LogP contribution in [0.3, 0.4) is 0 Å². The number of hydrogen-bond acceptors (Lipinski definition) is 6. The summed E-state index contributed by atoms with van der Waals surface area (Å²) in [5.41, 5.74) is 6.13. The monoisotopic (exact) mass is 292 g/mol. The molecule has 110 valence electrons. The van der Waals surface area contributed by atoms with Gasteiger partial charge in [0.2, 0.25) is 5.82 Å². The molecule has 8 nitrogen and oxygen atoms in total. The Morgan fingerprint density at radius 3 is 2.90 bits per heavy atom. The summed E-state index contributed by atoms with van der Waals surface area (Å²) in [5, 5.41) is 12.1. The molecule has 0 radical (unpaired) electrons. The second-order valence-electron chi connectivity index (χ2n) is 4.70. The van der Waals surface area contributed by atoms with E-state index in [0.29, 0.717) is 24.5 Å². The highest BCUT2D eigenvalue weighted by molar-refractivity contribution is 5.68. The third-order valence-corrected chi connectivity index (χ3v) is 3.30. The largest absolute Gasteiger partial charge is 0.453 e. The number of amides is 1. The number of likely N-dealkylation sites (tertiary alicyclic amines) is 1. The minimum absolute atomic E-state index is 0.0318. The molecule has 3 rings (SSSR count). The van der Waals surface area contributed by atoms with E-state index in [-0.39, 0.29) is 17.8 Å². The molecule has 2 aromatic rings. The van der Waals surface area contributed by atoms with Crippen molar-refractivity contribution in [2.45, 2.75) is 6.04 Å². The molecule has 0 aliphatic carbocycles. The van der Waals surface area contributed by atoms with Crippen molar-refractivity contribution >= 4 is 11.8 Å². The lowest BCUT2D eigenvalue weighted by molar-refractivity contribution is 0.0621. The van der Waals surface area contributed by atoms with Crippen molar-refractivity contribution in [1.29, 1.82) is 0 Å². The zero-order chi connectivity index (χ0) is 15.0. The molecular weight excluding hydrogens is 279 g/mol. The van der Waals surface area contributed by atoms with Gasteiger partial charge < -0.3 is 15.4 Å². The van der Waals surface area contributed by atoms with E-state index in [0.717, 1.165) is 0 Å². The molecule has 0 spiro atoms. The normalized spacial score (nSPS) is 14.9. The van der Waals surface area contributed by atoms with Gasteiger partial charge >= 0.3 is 6.09 Å². The summed E-state index contributed by atoms with van der Waals surface area (Å²) in [7, 11) is 1.33. The van der Waals surface area contributed by atoms with Crippen molar-refractivity contribution in [3.05, 3.63) is 24.0 Å². The number of carbonyl (C=O) groups is 1. The molecular formula is C12H13FN6O2. The summed E-state index contributed by atoms with van der Waals surface area (Å²) in [6.07, 6.45) is -0.377. The van der Waals surface area contributed by atoms with E-state index in [1.54, 1.807) is 0 Å². The Balaban J connectivity index is 1.73. The Morgan fingerprint density at radius 2 is 2.24 bits per heavy atom. The van der Waals surface area contributed by atoms with Crippen LogP contribution in [0.25, 0.3) is 11.4 Å². The average molecular weight is 292 g/mol. The number of hydrogen-bond donors (Lipinski definition) is 1. The molecule has 0 atom stereocenters. The first-order chi connectivity index (χ1) is 10.1. The molecule has 1 saturated heterocycles. The molecule has 1 aromatic carbocycles. The van der Waals surface area contributed by atoms with Crippen LogP contribution in [0.2, 0.25) is 0 Å². The van der Waals surface area contributed by atoms with Crippen LogP contribution in [0, 0.1) is 5.82 Å². The Morgan fingerprint density at radius 1 is 1.48 bits per heavy atom. The Hall–Kier alpha value is -2.71. The average Bonchev–Trinajstić information content (AvgIpc) is 2.89. The van der Waals surface area contributed by atoms with Gasteiger partial charge in [0.15, 0.2) is 0 Å². The van der Waals surface area contributed by atoms with Crippen molar-refractivity contribution < 1.29 is 13.9 Å². The predicted octanol–water partition coefficient (Wildman–Crippen LogP) is 0.685. The number of carbonyl (C=O) groups excluding carboxylic acids is 1. The number of ether oxygens (including phenoxy) is 1. The molecule has 1 aromatic heterocycles. The van der Waals surface area contributed by atoms with Gasteiger partial charge in [-0.15, -0.1) is 10.2 Å².